The predicted octanol–water partition coefficient (Wildman–Crippen LogP) is 3.88. The van der Waals surface area contributed by atoms with Gasteiger partial charge < -0.3 is 11.1 Å². The first-order valence-corrected chi connectivity index (χ1v) is 6.43. The quantitative estimate of drug-likeness (QED) is 0.664. The van der Waals surface area contributed by atoms with Gasteiger partial charge in [-0.2, -0.15) is 0 Å². The first-order chi connectivity index (χ1) is 9.47. The second-order valence-corrected chi connectivity index (χ2v) is 4.87. The van der Waals surface area contributed by atoms with Crippen LogP contribution in [0.1, 0.15) is 22.8 Å². The number of hydrogen-bond donors (Lipinski definition) is 2. The van der Waals surface area contributed by atoms with Crippen LogP contribution in [0.25, 0.3) is 0 Å². The van der Waals surface area contributed by atoms with Crippen LogP contribution in [0.5, 0.6) is 0 Å². The van der Waals surface area contributed by atoms with Gasteiger partial charge in [-0.15, -0.1) is 0 Å². The molecule has 0 amide bonds. The lowest BCUT2D eigenvalue weighted by Gasteiger charge is -2.09. The highest BCUT2D eigenvalue weighted by atomic mass is 35.5. The van der Waals surface area contributed by atoms with Crippen LogP contribution >= 0.6 is 11.6 Å². The fourth-order valence-corrected chi connectivity index (χ4v) is 2.03. The molecule has 2 rings (SSSR count). The van der Waals surface area contributed by atoms with Crippen molar-refractivity contribution in [1.29, 1.82) is 0 Å². The average molecular weight is 293 g/mol. The number of carbonyl (C=O) groups excluding carboxylic acids is 1. The summed E-state index contributed by atoms with van der Waals surface area (Å²) in [5.74, 6) is -0.530. The molecule has 0 unspecified atom stereocenters. The molecule has 3 nitrogen and oxygen atoms in total. The molecule has 104 valence electrons. The zero-order valence-electron chi connectivity index (χ0n) is 10.9. The number of nitrogens with one attached hydrogen (secondary N) is 1. The molecule has 20 heavy (non-hydrogen) atoms. The van der Waals surface area contributed by atoms with Crippen molar-refractivity contribution in [3.05, 3.63) is 58.4 Å². The van der Waals surface area contributed by atoms with Crippen LogP contribution in [-0.2, 0) is 6.54 Å². The summed E-state index contributed by atoms with van der Waals surface area (Å²) in [6.07, 6.45) is 0. The Balaban J connectivity index is 2.12. The molecule has 0 saturated carbocycles. The van der Waals surface area contributed by atoms with Crippen LogP contribution in [0.2, 0.25) is 5.02 Å². The van der Waals surface area contributed by atoms with Crippen molar-refractivity contribution in [3.63, 3.8) is 0 Å². The Morgan fingerprint density at radius 1 is 1.30 bits per heavy atom. The number of anilines is 2. The van der Waals surface area contributed by atoms with Gasteiger partial charge in [-0.3, -0.25) is 4.79 Å². The van der Waals surface area contributed by atoms with Crippen LogP contribution in [-0.4, -0.2) is 5.78 Å². The van der Waals surface area contributed by atoms with Gasteiger partial charge >= 0.3 is 0 Å². The number of benzene rings is 2. The van der Waals surface area contributed by atoms with Gasteiger partial charge in [0, 0.05) is 23.5 Å². The van der Waals surface area contributed by atoms with Gasteiger partial charge in [-0.1, -0.05) is 17.7 Å². The van der Waals surface area contributed by atoms with E-state index in [4.69, 9.17) is 17.3 Å². The van der Waals surface area contributed by atoms with Crippen molar-refractivity contribution in [2.45, 2.75) is 13.5 Å². The normalized spacial score (nSPS) is 10.3. The Kier molecular flexibility index (Phi) is 4.25. The number of ketones is 1. The second-order valence-electron chi connectivity index (χ2n) is 4.46. The van der Waals surface area contributed by atoms with Crippen molar-refractivity contribution in [2.24, 2.45) is 0 Å². The Morgan fingerprint density at radius 2 is 2.05 bits per heavy atom. The Hall–Kier alpha value is -2.07. The Labute approximate surface area is 121 Å². The SMILES string of the molecule is CC(=O)c1cc(NCc2ccc(F)c(Cl)c2)ccc1N. The summed E-state index contributed by atoms with van der Waals surface area (Å²) in [7, 11) is 0. The molecule has 0 heterocycles. The molecule has 0 aliphatic carbocycles. The molecule has 0 radical (unpaired) electrons. The van der Waals surface area contributed by atoms with Gasteiger partial charge in [0.05, 0.1) is 5.02 Å². The summed E-state index contributed by atoms with van der Waals surface area (Å²) >= 11 is 5.72. The van der Waals surface area contributed by atoms with E-state index in [0.29, 0.717) is 17.8 Å². The van der Waals surface area contributed by atoms with Gasteiger partial charge in [-0.05, 0) is 42.8 Å². The van der Waals surface area contributed by atoms with Gasteiger partial charge in [0.2, 0.25) is 0 Å². The smallest absolute Gasteiger partial charge is 0.161 e. The van der Waals surface area contributed by atoms with E-state index in [2.05, 4.69) is 5.32 Å². The molecular weight excluding hydrogens is 279 g/mol. The molecular formula is C15H14ClFN2O. The van der Waals surface area contributed by atoms with E-state index >= 15 is 0 Å². The predicted molar refractivity (Wildman–Crippen MR) is 79.6 cm³/mol. The van der Waals surface area contributed by atoms with Crippen LogP contribution in [0.15, 0.2) is 36.4 Å². The summed E-state index contributed by atoms with van der Waals surface area (Å²) in [5.41, 5.74) is 8.27. The number of halogens is 2. The molecule has 2 aromatic carbocycles. The molecule has 0 aliphatic rings. The third kappa shape index (κ3) is 3.27. The first-order valence-electron chi connectivity index (χ1n) is 6.05. The largest absolute Gasteiger partial charge is 0.398 e. The summed E-state index contributed by atoms with van der Waals surface area (Å²) in [4.78, 5) is 11.4. The highest BCUT2D eigenvalue weighted by Gasteiger charge is 2.06. The highest BCUT2D eigenvalue weighted by Crippen LogP contribution is 2.20. The maximum Gasteiger partial charge on any atom is 0.161 e. The number of rotatable bonds is 4. The summed E-state index contributed by atoms with van der Waals surface area (Å²) < 4.78 is 13.0. The summed E-state index contributed by atoms with van der Waals surface area (Å²) in [6.45, 7) is 1.94. The molecule has 0 bridgehead atoms. The lowest BCUT2D eigenvalue weighted by Crippen LogP contribution is -2.04. The van der Waals surface area contributed by atoms with Crippen LogP contribution in [0.3, 0.4) is 0 Å². The number of nitrogen functional groups attached to an aromatic ring is 1. The first kappa shape index (κ1) is 14.3. The van der Waals surface area contributed by atoms with E-state index in [9.17, 15) is 9.18 Å². The minimum absolute atomic E-state index is 0.0871. The Morgan fingerprint density at radius 3 is 2.70 bits per heavy atom. The minimum Gasteiger partial charge on any atom is -0.398 e. The van der Waals surface area contributed by atoms with Gasteiger partial charge in [0.1, 0.15) is 5.82 Å². The minimum atomic E-state index is -0.443. The molecule has 0 fully saturated rings. The second kappa shape index (κ2) is 5.92. The summed E-state index contributed by atoms with van der Waals surface area (Å²) in [5, 5.41) is 3.23. The number of nitrogens with two attached hydrogens (primary N) is 1. The van der Waals surface area contributed by atoms with E-state index in [0.717, 1.165) is 11.3 Å². The Bertz CT molecular complexity index is 658. The fourth-order valence-electron chi connectivity index (χ4n) is 1.82. The zero-order chi connectivity index (χ0) is 14.7. The molecule has 0 aliphatic heterocycles. The van der Waals surface area contributed by atoms with Crippen molar-refractivity contribution in [1.82, 2.24) is 0 Å². The lowest BCUT2D eigenvalue weighted by atomic mass is 10.1. The summed E-state index contributed by atoms with van der Waals surface area (Å²) in [6, 6.07) is 9.69. The number of Topliss-reactive ketones (excluding diaryl/α,β-unsaturated/α-hetero) is 1. The molecule has 3 N–H and O–H groups in total. The van der Waals surface area contributed by atoms with E-state index in [1.165, 1.54) is 13.0 Å². The molecule has 0 spiro atoms. The third-order valence-electron chi connectivity index (χ3n) is 2.91. The maximum absolute atomic E-state index is 13.0. The van der Waals surface area contributed by atoms with Crippen molar-refractivity contribution < 1.29 is 9.18 Å². The third-order valence-corrected chi connectivity index (χ3v) is 3.20. The van der Waals surface area contributed by atoms with Crippen molar-refractivity contribution >= 4 is 28.8 Å². The molecule has 0 aromatic heterocycles. The van der Waals surface area contributed by atoms with E-state index in [1.807, 2.05) is 0 Å². The van der Waals surface area contributed by atoms with E-state index in [1.54, 1.807) is 30.3 Å². The van der Waals surface area contributed by atoms with Crippen molar-refractivity contribution in [3.8, 4) is 0 Å². The van der Waals surface area contributed by atoms with Crippen molar-refractivity contribution in [2.75, 3.05) is 11.1 Å². The van der Waals surface area contributed by atoms with Crippen LogP contribution < -0.4 is 11.1 Å². The molecule has 0 atom stereocenters. The van der Waals surface area contributed by atoms with Gasteiger partial charge in [0.15, 0.2) is 5.78 Å². The monoisotopic (exact) mass is 292 g/mol. The topological polar surface area (TPSA) is 55.1 Å². The zero-order valence-corrected chi connectivity index (χ0v) is 11.7. The van der Waals surface area contributed by atoms with Crippen LogP contribution in [0.4, 0.5) is 15.8 Å². The standard InChI is InChI=1S/C15H14ClFN2O/c1-9(20)12-7-11(3-5-15(12)18)19-8-10-2-4-14(17)13(16)6-10/h2-7,19H,8,18H2,1H3. The fraction of sp³-hybridized carbons (Fsp3) is 0.133. The maximum atomic E-state index is 13.0. The van der Waals surface area contributed by atoms with E-state index in [-0.39, 0.29) is 10.8 Å². The average Bonchev–Trinajstić information content (AvgIpc) is 2.41. The molecule has 2 aromatic rings. The lowest BCUT2D eigenvalue weighted by molar-refractivity contribution is 0.101. The van der Waals surface area contributed by atoms with Gasteiger partial charge in [0.25, 0.3) is 0 Å². The van der Waals surface area contributed by atoms with Gasteiger partial charge in [-0.25, -0.2) is 4.39 Å². The highest BCUT2D eigenvalue weighted by molar-refractivity contribution is 6.30. The van der Waals surface area contributed by atoms with E-state index < -0.39 is 5.82 Å². The number of carbonyl (C=O) groups is 1. The molecule has 0 saturated heterocycles. The number of hydrogen-bond acceptors (Lipinski definition) is 3. The van der Waals surface area contributed by atoms with Crippen LogP contribution in [0, 0.1) is 5.82 Å². The molecule has 5 heteroatoms.